The topological polar surface area (TPSA) is 53.1 Å². The van der Waals surface area contributed by atoms with Crippen LogP contribution < -0.4 is 10.5 Å². The van der Waals surface area contributed by atoms with Crippen molar-refractivity contribution in [2.45, 2.75) is 13.2 Å². The van der Waals surface area contributed by atoms with E-state index in [1.807, 2.05) is 30.3 Å². The van der Waals surface area contributed by atoms with Crippen molar-refractivity contribution < 1.29 is 9.13 Å². The zero-order valence-electron chi connectivity index (χ0n) is 12.7. The number of rotatable bonds is 6. The summed E-state index contributed by atoms with van der Waals surface area (Å²) in [6.45, 7) is 1.52. The van der Waals surface area contributed by atoms with E-state index in [9.17, 15) is 4.39 Å². The van der Waals surface area contributed by atoms with E-state index in [1.54, 1.807) is 29.2 Å². The van der Waals surface area contributed by atoms with Gasteiger partial charge in [0.1, 0.15) is 18.2 Å². The highest BCUT2D eigenvalue weighted by atomic mass is 19.1. The van der Waals surface area contributed by atoms with E-state index in [4.69, 9.17) is 10.5 Å². The lowest BCUT2D eigenvalue weighted by atomic mass is 10.1. The summed E-state index contributed by atoms with van der Waals surface area (Å²) in [5, 5.41) is 4.16. The van der Waals surface area contributed by atoms with Gasteiger partial charge in [0.25, 0.3) is 0 Å². The highest BCUT2D eigenvalue weighted by molar-refractivity contribution is 5.63. The monoisotopic (exact) mass is 311 g/mol. The molecule has 0 atom stereocenters. The maximum absolute atomic E-state index is 14.3. The largest absolute Gasteiger partial charge is 0.489 e. The van der Waals surface area contributed by atoms with Crippen LogP contribution in [0.15, 0.2) is 60.9 Å². The Morgan fingerprint density at radius 1 is 1.13 bits per heavy atom. The summed E-state index contributed by atoms with van der Waals surface area (Å²) in [6.07, 6.45) is 3.42. The molecule has 0 bridgehead atoms. The summed E-state index contributed by atoms with van der Waals surface area (Å²) in [6, 6.07) is 14.7. The molecule has 1 heterocycles. The number of benzene rings is 2. The molecule has 0 unspecified atom stereocenters. The van der Waals surface area contributed by atoms with Crippen LogP contribution in [0.2, 0.25) is 0 Å². The van der Waals surface area contributed by atoms with Crippen LogP contribution in [0, 0.1) is 5.82 Å². The van der Waals surface area contributed by atoms with Crippen molar-refractivity contribution in [1.29, 1.82) is 0 Å². The molecule has 1 aromatic heterocycles. The van der Waals surface area contributed by atoms with Gasteiger partial charge in [-0.15, -0.1) is 0 Å². The average molecular weight is 311 g/mol. The number of hydrogen-bond donors (Lipinski definition) is 1. The van der Waals surface area contributed by atoms with Gasteiger partial charge in [0, 0.05) is 29.9 Å². The van der Waals surface area contributed by atoms with Gasteiger partial charge in [-0.2, -0.15) is 5.10 Å². The van der Waals surface area contributed by atoms with Crippen molar-refractivity contribution in [3.05, 3.63) is 72.3 Å². The van der Waals surface area contributed by atoms with Crippen molar-refractivity contribution >= 4 is 0 Å². The summed E-state index contributed by atoms with van der Waals surface area (Å²) in [4.78, 5) is 0. The maximum Gasteiger partial charge on any atom is 0.134 e. The van der Waals surface area contributed by atoms with Crippen LogP contribution in [0.25, 0.3) is 11.1 Å². The van der Waals surface area contributed by atoms with Crippen LogP contribution in [0.5, 0.6) is 5.75 Å². The molecule has 0 amide bonds. The minimum atomic E-state index is -0.331. The van der Waals surface area contributed by atoms with E-state index in [1.165, 1.54) is 6.07 Å². The molecule has 0 fully saturated rings. The van der Waals surface area contributed by atoms with Crippen LogP contribution in [0.4, 0.5) is 4.39 Å². The van der Waals surface area contributed by atoms with Crippen molar-refractivity contribution in [2.75, 3.05) is 6.54 Å². The van der Waals surface area contributed by atoms with E-state index in [2.05, 4.69) is 5.10 Å². The van der Waals surface area contributed by atoms with Gasteiger partial charge in [0.05, 0.1) is 12.7 Å². The number of hydrogen-bond acceptors (Lipinski definition) is 3. The van der Waals surface area contributed by atoms with Gasteiger partial charge < -0.3 is 10.5 Å². The normalized spacial score (nSPS) is 10.7. The highest BCUT2D eigenvalue weighted by Crippen LogP contribution is 2.26. The molecule has 0 aliphatic rings. The summed E-state index contributed by atoms with van der Waals surface area (Å²) < 4.78 is 21.6. The predicted octanol–water partition coefficient (Wildman–Crippen LogP) is 3.23. The van der Waals surface area contributed by atoms with Gasteiger partial charge in [-0.25, -0.2) is 4.39 Å². The number of nitrogens with zero attached hydrogens (tertiary/aromatic N) is 2. The Morgan fingerprint density at radius 3 is 2.70 bits per heavy atom. The second kappa shape index (κ2) is 7.07. The van der Waals surface area contributed by atoms with E-state index in [0.717, 1.165) is 11.1 Å². The Bertz CT molecular complexity index is 771. The lowest BCUT2D eigenvalue weighted by molar-refractivity contribution is 0.304. The third-order valence-electron chi connectivity index (χ3n) is 3.49. The fraction of sp³-hybridized carbons (Fsp3) is 0.167. The first-order valence-electron chi connectivity index (χ1n) is 7.45. The summed E-state index contributed by atoms with van der Waals surface area (Å²) >= 11 is 0. The average Bonchev–Trinajstić information content (AvgIpc) is 3.03. The van der Waals surface area contributed by atoms with E-state index in [0.29, 0.717) is 31.0 Å². The highest BCUT2D eigenvalue weighted by Gasteiger charge is 2.09. The zero-order chi connectivity index (χ0) is 16.1. The summed E-state index contributed by atoms with van der Waals surface area (Å²) in [5.41, 5.74) is 7.76. The smallest absolute Gasteiger partial charge is 0.134 e. The van der Waals surface area contributed by atoms with Gasteiger partial charge >= 0.3 is 0 Å². The number of ether oxygens (including phenoxy) is 1. The van der Waals surface area contributed by atoms with Crippen LogP contribution in [-0.4, -0.2) is 16.3 Å². The molecule has 118 valence electrons. The number of aromatic nitrogens is 2. The quantitative estimate of drug-likeness (QED) is 0.760. The van der Waals surface area contributed by atoms with Crippen LogP contribution in [-0.2, 0) is 13.2 Å². The lowest BCUT2D eigenvalue weighted by Gasteiger charge is -2.08. The Labute approximate surface area is 134 Å². The molecule has 0 aliphatic heterocycles. The van der Waals surface area contributed by atoms with E-state index >= 15 is 0 Å². The van der Waals surface area contributed by atoms with E-state index < -0.39 is 0 Å². The Hall–Kier alpha value is -2.66. The van der Waals surface area contributed by atoms with Crippen molar-refractivity contribution in [1.82, 2.24) is 9.78 Å². The minimum Gasteiger partial charge on any atom is -0.489 e. The summed E-state index contributed by atoms with van der Waals surface area (Å²) in [5.74, 6) is 0.173. The SMILES string of the molecule is NCCn1cc(-c2ccc(OCc3ccccc3)cc2F)cn1. The van der Waals surface area contributed by atoms with Gasteiger partial charge in [0.2, 0.25) is 0 Å². The van der Waals surface area contributed by atoms with Crippen LogP contribution >= 0.6 is 0 Å². The molecule has 5 heteroatoms. The Balaban J connectivity index is 1.72. The van der Waals surface area contributed by atoms with Crippen molar-refractivity contribution in [2.24, 2.45) is 5.73 Å². The Kier molecular flexibility index (Phi) is 4.68. The van der Waals surface area contributed by atoms with Crippen molar-refractivity contribution in [3.8, 4) is 16.9 Å². The molecule has 0 radical (unpaired) electrons. The predicted molar refractivity (Wildman–Crippen MR) is 87.4 cm³/mol. The molecule has 0 aliphatic carbocycles. The third kappa shape index (κ3) is 3.76. The minimum absolute atomic E-state index is 0.331. The molecule has 0 saturated carbocycles. The first-order chi connectivity index (χ1) is 11.3. The molecule has 0 spiro atoms. The number of halogens is 1. The molecule has 23 heavy (non-hydrogen) atoms. The fourth-order valence-corrected chi connectivity index (χ4v) is 2.32. The van der Waals surface area contributed by atoms with Gasteiger partial charge in [-0.3, -0.25) is 4.68 Å². The van der Waals surface area contributed by atoms with Crippen LogP contribution in [0.3, 0.4) is 0 Å². The Morgan fingerprint density at radius 2 is 1.96 bits per heavy atom. The molecular formula is C18H18FN3O. The van der Waals surface area contributed by atoms with Gasteiger partial charge in [-0.1, -0.05) is 30.3 Å². The van der Waals surface area contributed by atoms with Crippen LogP contribution in [0.1, 0.15) is 5.56 Å². The van der Waals surface area contributed by atoms with Gasteiger partial charge in [0.15, 0.2) is 0 Å². The zero-order valence-corrected chi connectivity index (χ0v) is 12.7. The second-order valence-corrected chi connectivity index (χ2v) is 5.20. The lowest BCUT2D eigenvalue weighted by Crippen LogP contribution is -2.09. The molecule has 0 saturated heterocycles. The molecule has 3 aromatic rings. The molecule has 2 N–H and O–H groups in total. The standard InChI is InChI=1S/C18H18FN3O/c19-18-10-16(23-13-14-4-2-1-3-5-14)6-7-17(18)15-11-21-22(12-15)9-8-20/h1-7,10-12H,8-9,13,20H2. The molecular weight excluding hydrogens is 293 g/mol. The maximum atomic E-state index is 14.3. The fourth-order valence-electron chi connectivity index (χ4n) is 2.32. The first-order valence-corrected chi connectivity index (χ1v) is 7.45. The third-order valence-corrected chi connectivity index (χ3v) is 3.49. The first kappa shape index (κ1) is 15.2. The van der Waals surface area contributed by atoms with Gasteiger partial charge in [-0.05, 0) is 17.7 Å². The second-order valence-electron chi connectivity index (χ2n) is 5.20. The number of nitrogens with two attached hydrogens (primary N) is 1. The van der Waals surface area contributed by atoms with E-state index in [-0.39, 0.29) is 5.82 Å². The molecule has 4 nitrogen and oxygen atoms in total. The van der Waals surface area contributed by atoms with Crippen molar-refractivity contribution in [3.63, 3.8) is 0 Å². The molecule has 2 aromatic carbocycles. The molecule has 3 rings (SSSR count). The summed E-state index contributed by atoms with van der Waals surface area (Å²) in [7, 11) is 0.